The zero-order valence-corrected chi connectivity index (χ0v) is 21.7. The van der Waals surface area contributed by atoms with E-state index in [4.69, 9.17) is 10.5 Å². The van der Waals surface area contributed by atoms with Crippen molar-refractivity contribution in [2.45, 2.75) is 57.1 Å². The molecule has 1 aliphatic rings. The van der Waals surface area contributed by atoms with Crippen LogP contribution < -0.4 is 5.73 Å². The Hall–Kier alpha value is -1.32. The lowest BCUT2D eigenvalue weighted by Gasteiger charge is -2.20. The van der Waals surface area contributed by atoms with Crippen LogP contribution in [0.1, 0.15) is 38.8 Å². The van der Waals surface area contributed by atoms with Crippen LogP contribution in [0.15, 0.2) is 12.7 Å². The Balaban J connectivity index is 1.59. The van der Waals surface area contributed by atoms with Crippen molar-refractivity contribution >= 4 is 40.2 Å². The maximum absolute atomic E-state index is 12.2. The monoisotopic (exact) mass is 575 g/mol. The third kappa shape index (κ3) is 7.38. The molecule has 36 heavy (non-hydrogen) atoms. The Morgan fingerprint density at radius 2 is 1.75 bits per heavy atom. The van der Waals surface area contributed by atoms with Crippen LogP contribution in [0.3, 0.4) is 0 Å². The van der Waals surface area contributed by atoms with Crippen LogP contribution in [0, 0.1) is 0 Å². The number of nitrogen functional groups attached to an aromatic ring is 1. The number of phosphoric acid groups is 2. The summed E-state index contributed by atoms with van der Waals surface area (Å²) in [6.45, 7) is 1.03. The zero-order chi connectivity index (χ0) is 26.7. The lowest BCUT2D eigenvalue weighted by Crippen LogP contribution is -2.33. The molecular weight excluding hydrogens is 547 g/mol. The number of rotatable bonds is 13. The molecule has 7 N–H and O–H groups in total. The van der Waals surface area contributed by atoms with Gasteiger partial charge >= 0.3 is 23.2 Å². The molecule has 1 fully saturated rings. The van der Waals surface area contributed by atoms with Gasteiger partial charge in [0.25, 0.3) is 0 Å². The molecule has 2 aromatic rings. The highest BCUT2D eigenvalue weighted by atomic mass is 31.3. The first-order valence-electron chi connectivity index (χ1n) is 10.7. The average Bonchev–Trinajstić information content (AvgIpc) is 3.31. The third-order valence-electron chi connectivity index (χ3n) is 5.13. The number of aliphatic hydroxyl groups excluding tert-OH is 2. The molecule has 17 nitrogen and oxygen atoms in total. The van der Waals surface area contributed by atoms with Gasteiger partial charge in [0.2, 0.25) is 0 Å². The predicted octanol–water partition coefficient (Wildman–Crippen LogP) is 1.04. The Labute approximate surface area is 205 Å². The molecule has 3 rings (SSSR count). The number of phosphoric ester groups is 1. The average molecular weight is 575 g/mol. The highest BCUT2D eigenvalue weighted by Crippen LogP contribution is 2.67. The third-order valence-corrected chi connectivity index (χ3v) is 9.99. The minimum atomic E-state index is -5.51. The number of hydrogen-bond acceptors (Lipinski definition) is 13. The topological polar surface area (TPSA) is 259 Å². The van der Waals surface area contributed by atoms with Crippen molar-refractivity contribution in [2.24, 2.45) is 0 Å². The van der Waals surface area contributed by atoms with E-state index in [0.29, 0.717) is 6.42 Å². The van der Waals surface area contributed by atoms with E-state index < -0.39 is 60.5 Å². The summed E-state index contributed by atoms with van der Waals surface area (Å²) >= 11 is 0. The summed E-state index contributed by atoms with van der Waals surface area (Å²) in [5.41, 5.74) is 6.11. The summed E-state index contributed by atoms with van der Waals surface area (Å²) in [6.07, 6.45) is -1.52. The number of imidazole rings is 1. The number of nitrogens with zero attached hydrogens (tertiary/aromatic N) is 4. The maximum atomic E-state index is 12.2. The fourth-order valence-corrected chi connectivity index (χ4v) is 7.62. The SMILES string of the molecule is CCCCCCP(=O)(O)OP(=O)(O)OP(=O)(O)OC[C@H]1O[C@@H](n2cnc3c(N)ncnc32)[C@H](O)[C@@H]1O. The number of nitrogens with two attached hydrogens (primary N) is 1. The summed E-state index contributed by atoms with van der Waals surface area (Å²) in [7, 11) is -15.5. The Morgan fingerprint density at radius 1 is 1.03 bits per heavy atom. The summed E-state index contributed by atoms with van der Waals surface area (Å²) in [5.74, 6) is 0.0640. The lowest BCUT2D eigenvalue weighted by atomic mass is 10.1. The largest absolute Gasteiger partial charge is 0.488 e. The van der Waals surface area contributed by atoms with E-state index in [0.717, 1.165) is 19.2 Å². The normalized spacial score (nSPS) is 27.5. The van der Waals surface area contributed by atoms with Gasteiger partial charge in [-0.1, -0.05) is 26.2 Å². The quantitative estimate of drug-likeness (QED) is 0.144. The van der Waals surface area contributed by atoms with Gasteiger partial charge in [-0.25, -0.2) is 28.4 Å². The van der Waals surface area contributed by atoms with Gasteiger partial charge in [-0.05, 0) is 6.42 Å². The molecule has 7 atom stereocenters. The molecule has 1 aliphatic heterocycles. The second kappa shape index (κ2) is 11.6. The second-order valence-electron chi connectivity index (χ2n) is 7.95. The number of fused-ring (bicyclic) bond motifs is 1. The Morgan fingerprint density at radius 3 is 2.44 bits per heavy atom. The van der Waals surface area contributed by atoms with Crippen LogP contribution in [-0.4, -0.2) is 75.5 Å². The van der Waals surface area contributed by atoms with Gasteiger partial charge in [0, 0.05) is 0 Å². The number of aliphatic hydroxyl groups is 2. The molecule has 0 aliphatic carbocycles. The highest BCUT2D eigenvalue weighted by Gasteiger charge is 2.47. The number of hydrogen-bond donors (Lipinski definition) is 6. The molecule has 0 bridgehead atoms. The summed E-state index contributed by atoms with van der Waals surface area (Å²) in [4.78, 5) is 41.0. The first-order valence-corrected chi connectivity index (χ1v) is 15.5. The van der Waals surface area contributed by atoms with E-state index in [9.17, 15) is 38.6 Å². The number of unbranched alkanes of at least 4 members (excludes halogenated alkanes) is 3. The summed E-state index contributed by atoms with van der Waals surface area (Å²) < 4.78 is 55.8. The molecule has 0 aromatic carbocycles. The van der Waals surface area contributed by atoms with E-state index in [1.165, 1.54) is 10.9 Å². The van der Waals surface area contributed by atoms with Gasteiger partial charge in [0.1, 0.15) is 30.2 Å². The van der Waals surface area contributed by atoms with Crippen molar-refractivity contribution in [3.63, 3.8) is 0 Å². The maximum Gasteiger partial charge on any atom is 0.488 e. The van der Waals surface area contributed by atoms with E-state index >= 15 is 0 Å². The first-order chi connectivity index (χ1) is 16.8. The van der Waals surface area contributed by atoms with E-state index in [-0.39, 0.29) is 23.4 Å². The van der Waals surface area contributed by atoms with Gasteiger partial charge < -0.3 is 35.4 Å². The lowest BCUT2D eigenvalue weighted by molar-refractivity contribution is -0.0503. The fourth-order valence-electron chi connectivity index (χ4n) is 3.43. The molecule has 204 valence electrons. The fraction of sp³-hybridized carbons (Fsp3) is 0.688. The molecule has 3 unspecified atom stereocenters. The molecule has 0 amide bonds. The molecule has 0 spiro atoms. The molecule has 20 heteroatoms. The van der Waals surface area contributed by atoms with Crippen molar-refractivity contribution in [3.8, 4) is 0 Å². The summed E-state index contributed by atoms with van der Waals surface area (Å²) in [5, 5.41) is 20.7. The van der Waals surface area contributed by atoms with Gasteiger partial charge in [-0.3, -0.25) is 13.7 Å². The van der Waals surface area contributed by atoms with Crippen molar-refractivity contribution in [1.82, 2.24) is 19.5 Å². The molecule has 0 saturated carbocycles. The highest BCUT2D eigenvalue weighted by molar-refractivity contribution is 7.68. The van der Waals surface area contributed by atoms with E-state index in [1.54, 1.807) is 0 Å². The van der Waals surface area contributed by atoms with Gasteiger partial charge in [0.05, 0.1) is 19.1 Å². The van der Waals surface area contributed by atoms with Gasteiger partial charge in [-0.2, -0.15) is 4.31 Å². The van der Waals surface area contributed by atoms with E-state index in [1.807, 2.05) is 6.92 Å². The molecule has 3 heterocycles. The Kier molecular flexibility index (Phi) is 9.42. The number of anilines is 1. The first kappa shape index (κ1) is 29.2. The minimum Gasteiger partial charge on any atom is -0.387 e. The van der Waals surface area contributed by atoms with Crippen LogP contribution >= 0.6 is 23.2 Å². The minimum absolute atomic E-state index is 0.0640. The van der Waals surface area contributed by atoms with Crippen LogP contribution in [0.5, 0.6) is 0 Å². The second-order valence-corrected chi connectivity index (χ2v) is 13.1. The van der Waals surface area contributed by atoms with Crippen LogP contribution in [-0.2, 0) is 31.6 Å². The van der Waals surface area contributed by atoms with Crippen molar-refractivity contribution in [1.29, 1.82) is 0 Å². The smallest absolute Gasteiger partial charge is 0.387 e. The van der Waals surface area contributed by atoms with Gasteiger partial charge in [-0.15, -0.1) is 0 Å². The molecule has 0 radical (unpaired) electrons. The van der Waals surface area contributed by atoms with Crippen LogP contribution in [0.4, 0.5) is 5.82 Å². The molecular formula is C16H28N5O12P3. The predicted molar refractivity (Wildman–Crippen MR) is 122 cm³/mol. The number of aromatic nitrogens is 4. The summed E-state index contributed by atoms with van der Waals surface area (Å²) in [6, 6.07) is 0. The number of ether oxygens (including phenoxy) is 1. The zero-order valence-electron chi connectivity index (χ0n) is 19.0. The standard InChI is InChI=1S/C16H28N5O12P3/c1-2-3-4-5-6-34(24,25)32-36(28,29)33-35(26,27)30-7-10-12(22)13(23)16(31-10)21-9-20-11-14(17)18-8-19-15(11)21/h8-10,12-13,16,22-23H,2-7H2,1H3,(H,24,25)(H,26,27)(H,28,29)(H2,17,18,19)/t10-,12-,13-,16-/m1/s1. The van der Waals surface area contributed by atoms with Crippen molar-refractivity contribution in [3.05, 3.63) is 12.7 Å². The molecule has 1 saturated heterocycles. The van der Waals surface area contributed by atoms with Crippen LogP contribution in [0.25, 0.3) is 11.2 Å². The van der Waals surface area contributed by atoms with Crippen molar-refractivity contribution < 1.29 is 56.5 Å². The molecule has 2 aromatic heterocycles. The van der Waals surface area contributed by atoms with Crippen molar-refractivity contribution in [2.75, 3.05) is 18.5 Å². The van der Waals surface area contributed by atoms with Crippen LogP contribution in [0.2, 0.25) is 0 Å². The van der Waals surface area contributed by atoms with E-state index in [2.05, 4.69) is 28.1 Å². The Bertz CT molecular complexity index is 1200. The van der Waals surface area contributed by atoms with Gasteiger partial charge in [0.15, 0.2) is 17.7 Å².